The summed E-state index contributed by atoms with van der Waals surface area (Å²) in [6.07, 6.45) is 2.72. The third kappa shape index (κ3) is 2.08. The zero-order chi connectivity index (χ0) is 9.84. The van der Waals surface area contributed by atoms with Gasteiger partial charge in [-0.15, -0.1) is 6.58 Å². The maximum atomic E-state index is 11.4. The lowest BCUT2D eigenvalue weighted by atomic mass is 10.2. The molecule has 0 spiro atoms. The van der Waals surface area contributed by atoms with Crippen LogP contribution < -0.4 is 5.32 Å². The Bertz CT molecular complexity index is 238. The molecular weight excluding hydrogens is 168 g/mol. The van der Waals surface area contributed by atoms with Gasteiger partial charge in [0.15, 0.2) is 0 Å². The second-order valence-corrected chi connectivity index (χ2v) is 3.09. The van der Waals surface area contributed by atoms with E-state index in [4.69, 9.17) is 0 Å². The highest BCUT2D eigenvalue weighted by atomic mass is 16.2. The molecule has 1 atom stereocenters. The Hall–Kier alpha value is -1.32. The molecule has 72 valence electrons. The summed E-state index contributed by atoms with van der Waals surface area (Å²) in [5.41, 5.74) is 0. The molecule has 1 aliphatic heterocycles. The highest BCUT2D eigenvalue weighted by Gasteiger charge is 2.32. The van der Waals surface area contributed by atoms with Gasteiger partial charge < -0.3 is 10.2 Å². The van der Waals surface area contributed by atoms with Crippen LogP contribution in [-0.2, 0) is 9.59 Å². The zero-order valence-corrected chi connectivity index (χ0v) is 7.75. The number of likely N-dealkylation sites (tertiary alicyclic amines) is 1. The molecule has 13 heavy (non-hydrogen) atoms. The molecule has 0 radical (unpaired) electrons. The number of likely N-dealkylation sites (N-methyl/N-ethyl adjacent to an activating group) is 1. The smallest absolute Gasteiger partial charge is 0.243 e. The Balaban J connectivity index is 2.48. The van der Waals surface area contributed by atoms with Crippen LogP contribution in [0, 0.1) is 0 Å². The van der Waals surface area contributed by atoms with E-state index in [0.29, 0.717) is 19.4 Å². The lowest BCUT2D eigenvalue weighted by Crippen LogP contribution is -2.42. The van der Waals surface area contributed by atoms with Crippen LogP contribution in [0.3, 0.4) is 0 Å². The molecule has 0 bridgehead atoms. The number of hydrogen-bond acceptors (Lipinski definition) is 2. The molecular formula is C9H14N2O2. The molecule has 1 N–H and O–H groups in total. The first kappa shape index (κ1) is 9.77. The summed E-state index contributed by atoms with van der Waals surface area (Å²) >= 11 is 0. The topological polar surface area (TPSA) is 49.4 Å². The Morgan fingerprint density at radius 3 is 3.00 bits per heavy atom. The van der Waals surface area contributed by atoms with Crippen molar-refractivity contribution in [3.05, 3.63) is 12.7 Å². The molecule has 1 rings (SSSR count). The lowest BCUT2D eigenvalue weighted by Gasteiger charge is -2.18. The van der Waals surface area contributed by atoms with E-state index in [1.807, 2.05) is 0 Å². The number of nitrogens with one attached hydrogen (secondary N) is 1. The second kappa shape index (κ2) is 4.07. The number of hydrogen-bond donors (Lipinski definition) is 1. The minimum absolute atomic E-state index is 0.0405. The van der Waals surface area contributed by atoms with Crippen molar-refractivity contribution in [3.8, 4) is 0 Å². The van der Waals surface area contributed by atoms with Crippen LogP contribution in [0.4, 0.5) is 0 Å². The average molecular weight is 182 g/mol. The Labute approximate surface area is 77.6 Å². The quantitative estimate of drug-likeness (QED) is 0.620. The van der Waals surface area contributed by atoms with Gasteiger partial charge in [-0.05, 0) is 6.42 Å². The van der Waals surface area contributed by atoms with Gasteiger partial charge >= 0.3 is 0 Å². The normalized spacial score (nSPS) is 21.8. The van der Waals surface area contributed by atoms with E-state index in [1.54, 1.807) is 13.1 Å². The SMILES string of the molecule is C=CCNC(=O)C1CCC(=O)N1C. The van der Waals surface area contributed by atoms with Crippen LogP contribution in [0.1, 0.15) is 12.8 Å². The van der Waals surface area contributed by atoms with Gasteiger partial charge in [-0.3, -0.25) is 9.59 Å². The van der Waals surface area contributed by atoms with Gasteiger partial charge in [0.05, 0.1) is 0 Å². The van der Waals surface area contributed by atoms with Crippen molar-refractivity contribution < 1.29 is 9.59 Å². The van der Waals surface area contributed by atoms with Gasteiger partial charge in [0.2, 0.25) is 11.8 Å². The predicted octanol–water partition coefficient (Wildman–Crippen LogP) is -0.0906. The second-order valence-electron chi connectivity index (χ2n) is 3.09. The highest BCUT2D eigenvalue weighted by molar-refractivity contribution is 5.90. The van der Waals surface area contributed by atoms with E-state index < -0.39 is 0 Å². The molecule has 0 saturated carbocycles. The van der Waals surface area contributed by atoms with E-state index >= 15 is 0 Å². The van der Waals surface area contributed by atoms with Gasteiger partial charge in [0, 0.05) is 20.0 Å². The molecule has 2 amide bonds. The number of carbonyl (C=O) groups is 2. The summed E-state index contributed by atoms with van der Waals surface area (Å²) in [5.74, 6) is -0.0491. The van der Waals surface area contributed by atoms with E-state index in [0.717, 1.165) is 0 Å². The first-order chi connectivity index (χ1) is 6.16. The fourth-order valence-corrected chi connectivity index (χ4v) is 1.40. The number of amides is 2. The zero-order valence-electron chi connectivity index (χ0n) is 7.75. The summed E-state index contributed by atoms with van der Waals surface area (Å²) in [7, 11) is 1.66. The van der Waals surface area contributed by atoms with Gasteiger partial charge in [0.25, 0.3) is 0 Å². The molecule has 1 fully saturated rings. The van der Waals surface area contributed by atoms with E-state index in [1.165, 1.54) is 4.90 Å². The lowest BCUT2D eigenvalue weighted by molar-refractivity contribution is -0.133. The van der Waals surface area contributed by atoms with Crippen molar-refractivity contribution in [1.82, 2.24) is 10.2 Å². The van der Waals surface area contributed by atoms with Gasteiger partial charge in [-0.1, -0.05) is 6.08 Å². The standard InChI is InChI=1S/C9H14N2O2/c1-3-6-10-9(13)7-4-5-8(12)11(7)2/h3,7H,1,4-6H2,2H3,(H,10,13). The number of nitrogens with zero attached hydrogens (tertiary/aromatic N) is 1. The monoisotopic (exact) mass is 182 g/mol. The average Bonchev–Trinajstić information content (AvgIpc) is 2.44. The first-order valence-electron chi connectivity index (χ1n) is 4.31. The van der Waals surface area contributed by atoms with Crippen molar-refractivity contribution >= 4 is 11.8 Å². The van der Waals surface area contributed by atoms with Crippen LogP contribution in [-0.4, -0.2) is 36.3 Å². The Morgan fingerprint density at radius 1 is 1.85 bits per heavy atom. The van der Waals surface area contributed by atoms with Crippen molar-refractivity contribution in [3.63, 3.8) is 0 Å². The van der Waals surface area contributed by atoms with Gasteiger partial charge in [-0.2, -0.15) is 0 Å². The van der Waals surface area contributed by atoms with E-state index in [9.17, 15) is 9.59 Å². The largest absolute Gasteiger partial charge is 0.351 e. The molecule has 1 aliphatic rings. The van der Waals surface area contributed by atoms with E-state index in [-0.39, 0.29) is 17.9 Å². The molecule has 0 aromatic carbocycles. The Morgan fingerprint density at radius 2 is 2.54 bits per heavy atom. The molecule has 1 unspecified atom stereocenters. The third-order valence-electron chi connectivity index (χ3n) is 2.22. The van der Waals surface area contributed by atoms with Crippen LogP contribution in [0.5, 0.6) is 0 Å². The van der Waals surface area contributed by atoms with Crippen LogP contribution >= 0.6 is 0 Å². The Kier molecular flexibility index (Phi) is 3.06. The van der Waals surface area contributed by atoms with Crippen LogP contribution in [0.15, 0.2) is 12.7 Å². The maximum absolute atomic E-state index is 11.4. The van der Waals surface area contributed by atoms with Gasteiger partial charge in [-0.25, -0.2) is 0 Å². The van der Waals surface area contributed by atoms with Crippen molar-refractivity contribution in [2.45, 2.75) is 18.9 Å². The fraction of sp³-hybridized carbons (Fsp3) is 0.556. The van der Waals surface area contributed by atoms with Crippen LogP contribution in [0.2, 0.25) is 0 Å². The van der Waals surface area contributed by atoms with Crippen LogP contribution in [0.25, 0.3) is 0 Å². The van der Waals surface area contributed by atoms with Crippen molar-refractivity contribution in [2.75, 3.05) is 13.6 Å². The molecule has 4 nitrogen and oxygen atoms in total. The van der Waals surface area contributed by atoms with Crippen molar-refractivity contribution in [1.29, 1.82) is 0 Å². The minimum Gasteiger partial charge on any atom is -0.351 e. The van der Waals surface area contributed by atoms with Crippen molar-refractivity contribution in [2.24, 2.45) is 0 Å². The summed E-state index contributed by atoms with van der Waals surface area (Å²) in [5, 5.41) is 2.67. The fourth-order valence-electron chi connectivity index (χ4n) is 1.40. The number of rotatable bonds is 3. The molecule has 1 saturated heterocycles. The third-order valence-corrected chi connectivity index (χ3v) is 2.22. The van der Waals surface area contributed by atoms with Gasteiger partial charge in [0.1, 0.15) is 6.04 Å². The van der Waals surface area contributed by atoms with E-state index in [2.05, 4.69) is 11.9 Å². The maximum Gasteiger partial charge on any atom is 0.243 e. The molecule has 0 aromatic heterocycles. The predicted molar refractivity (Wildman–Crippen MR) is 49.0 cm³/mol. The molecule has 1 heterocycles. The summed E-state index contributed by atoms with van der Waals surface area (Å²) < 4.78 is 0. The number of carbonyl (C=O) groups excluding carboxylic acids is 2. The molecule has 0 aliphatic carbocycles. The summed E-state index contributed by atoms with van der Waals surface area (Å²) in [6, 6.07) is -0.285. The first-order valence-corrected chi connectivity index (χ1v) is 4.31. The molecule has 0 aromatic rings. The molecule has 4 heteroatoms. The summed E-state index contributed by atoms with van der Waals surface area (Å²) in [6.45, 7) is 3.95. The summed E-state index contributed by atoms with van der Waals surface area (Å²) in [4.78, 5) is 24.0. The minimum atomic E-state index is -0.285. The highest BCUT2D eigenvalue weighted by Crippen LogP contribution is 2.15.